The summed E-state index contributed by atoms with van der Waals surface area (Å²) in [5, 5.41) is 0.109. The van der Waals surface area contributed by atoms with Crippen LogP contribution in [0.5, 0.6) is 0 Å². The Bertz CT molecular complexity index is 533. The Balaban J connectivity index is 1.70. The van der Waals surface area contributed by atoms with Crippen molar-refractivity contribution in [1.29, 1.82) is 0 Å². The quantitative estimate of drug-likeness (QED) is 0.614. The van der Waals surface area contributed by atoms with Gasteiger partial charge in [0, 0.05) is 24.4 Å². The summed E-state index contributed by atoms with van der Waals surface area (Å²) in [6, 6.07) is 10.2. The average Bonchev–Trinajstić information content (AvgIpc) is 2.81. The zero-order valence-corrected chi connectivity index (χ0v) is 14.0. The van der Waals surface area contributed by atoms with Crippen LogP contribution in [0.25, 0.3) is 0 Å². The van der Waals surface area contributed by atoms with Crippen LogP contribution in [-0.4, -0.2) is 50.0 Å². The second-order valence-electron chi connectivity index (χ2n) is 5.54. The Morgan fingerprint density at radius 1 is 1.33 bits per heavy atom. The summed E-state index contributed by atoms with van der Waals surface area (Å²) in [5.74, 6) is 0. The monoisotopic (exact) mass is 329 g/mol. The van der Waals surface area contributed by atoms with E-state index in [9.17, 15) is 8.42 Å². The summed E-state index contributed by atoms with van der Waals surface area (Å²) in [4.78, 5) is 0. The smallest absolute Gasteiger partial charge is 0.211 e. The Labute approximate surface area is 132 Å². The molecule has 0 aromatic heterocycles. The Hall–Kier alpha value is -0.560. The predicted molar refractivity (Wildman–Crippen MR) is 88.3 cm³/mol. The number of nitrogens with zero attached hydrogens (tertiary/aromatic N) is 1. The highest BCUT2D eigenvalue weighted by molar-refractivity contribution is 7.88. The van der Waals surface area contributed by atoms with Gasteiger partial charge in [-0.1, -0.05) is 30.3 Å². The molecule has 0 saturated carbocycles. The van der Waals surface area contributed by atoms with E-state index in [4.69, 9.17) is 4.74 Å². The molecule has 1 aliphatic rings. The molecule has 2 atom stereocenters. The van der Waals surface area contributed by atoms with Gasteiger partial charge in [0.2, 0.25) is 10.0 Å². The van der Waals surface area contributed by atoms with E-state index in [0.717, 1.165) is 19.3 Å². The van der Waals surface area contributed by atoms with E-state index in [2.05, 4.69) is 24.8 Å². The van der Waals surface area contributed by atoms with Gasteiger partial charge in [-0.3, -0.25) is 0 Å². The van der Waals surface area contributed by atoms with Crippen molar-refractivity contribution in [2.75, 3.05) is 26.0 Å². The first-order valence-electron chi connectivity index (χ1n) is 7.23. The Kier molecular flexibility index (Phi) is 6.10. The van der Waals surface area contributed by atoms with Gasteiger partial charge in [0.15, 0.2) is 0 Å². The minimum atomic E-state index is -3.17. The van der Waals surface area contributed by atoms with Crippen molar-refractivity contribution >= 4 is 22.7 Å². The van der Waals surface area contributed by atoms with Crippen LogP contribution in [0.15, 0.2) is 30.3 Å². The maximum Gasteiger partial charge on any atom is 0.211 e. The van der Waals surface area contributed by atoms with E-state index >= 15 is 0 Å². The maximum absolute atomic E-state index is 11.7. The summed E-state index contributed by atoms with van der Waals surface area (Å²) < 4.78 is 30.6. The van der Waals surface area contributed by atoms with Crippen molar-refractivity contribution in [2.45, 2.75) is 30.6 Å². The van der Waals surface area contributed by atoms with Gasteiger partial charge in [-0.15, -0.1) is 0 Å². The third kappa shape index (κ3) is 5.29. The molecule has 1 heterocycles. The number of ether oxygens (including phenoxy) is 1. The standard InChI is InChI=1S/C15H23NO3S2/c1-21(17,18)16-11-15(20)10-14(16)12-19-9-5-8-13-6-3-2-4-7-13/h2-4,6-7,14-15,20H,5,8-12H2,1H3/t14-,15+/m0/s1. The van der Waals surface area contributed by atoms with Gasteiger partial charge >= 0.3 is 0 Å². The van der Waals surface area contributed by atoms with Crippen LogP contribution in [-0.2, 0) is 21.2 Å². The molecular weight excluding hydrogens is 306 g/mol. The number of thiol groups is 1. The fraction of sp³-hybridized carbons (Fsp3) is 0.600. The summed E-state index contributed by atoms with van der Waals surface area (Å²) >= 11 is 4.39. The van der Waals surface area contributed by atoms with Gasteiger partial charge in [0.05, 0.1) is 12.9 Å². The molecule has 2 rings (SSSR count). The highest BCUT2D eigenvalue weighted by Crippen LogP contribution is 2.24. The third-order valence-electron chi connectivity index (χ3n) is 3.68. The van der Waals surface area contributed by atoms with Gasteiger partial charge in [0.1, 0.15) is 0 Å². The van der Waals surface area contributed by atoms with E-state index in [1.165, 1.54) is 16.1 Å². The first-order chi connectivity index (χ1) is 9.97. The molecule has 0 aliphatic carbocycles. The lowest BCUT2D eigenvalue weighted by atomic mass is 10.1. The lowest BCUT2D eigenvalue weighted by Crippen LogP contribution is -2.37. The predicted octanol–water partition coefficient (Wildman–Crippen LogP) is 1.97. The first-order valence-corrected chi connectivity index (χ1v) is 9.60. The lowest BCUT2D eigenvalue weighted by Gasteiger charge is -2.21. The van der Waals surface area contributed by atoms with Crippen LogP contribution < -0.4 is 0 Å². The zero-order chi connectivity index (χ0) is 15.3. The second kappa shape index (κ2) is 7.63. The lowest BCUT2D eigenvalue weighted by molar-refractivity contribution is 0.0976. The van der Waals surface area contributed by atoms with Gasteiger partial charge in [0.25, 0.3) is 0 Å². The molecule has 0 spiro atoms. The fourth-order valence-corrected chi connectivity index (χ4v) is 4.33. The molecular formula is C15H23NO3S2. The Morgan fingerprint density at radius 3 is 2.71 bits per heavy atom. The molecule has 0 N–H and O–H groups in total. The third-order valence-corrected chi connectivity index (χ3v) is 5.35. The van der Waals surface area contributed by atoms with Gasteiger partial charge in [-0.2, -0.15) is 16.9 Å². The highest BCUT2D eigenvalue weighted by atomic mass is 32.2. The SMILES string of the molecule is CS(=O)(=O)N1C[C@H](S)C[C@H]1COCCCc1ccccc1. The minimum absolute atomic E-state index is 0.0702. The average molecular weight is 329 g/mol. The molecule has 21 heavy (non-hydrogen) atoms. The molecule has 1 aliphatic heterocycles. The van der Waals surface area contributed by atoms with Crippen LogP contribution in [0.4, 0.5) is 0 Å². The number of hydrogen-bond donors (Lipinski definition) is 1. The van der Waals surface area contributed by atoms with Crippen molar-refractivity contribution < 1.29 is 13.2 Å². The fourth-order valence-electron chi connectivity index (χ4n) is 2.66. The number of hydrogen-bond acceptors (Lipinski definition) is 4. The normalized spacial score (nSPS) is 23.5. The van der Waals surface area contributed by atoms with E-state index in [1.54, 1.807) is 0 Å². The van der Waals surface area contributed by atoms with Crippen molar-refractivity contribution in [3.63, 3.8) is 0 Å². The van der Waals surface area contributed by atoms with Crippen LogP contribution in [0.1, 0.15) is 18.4 Å². The molecule has 1 fully saturated rings. The molecule has 118 valence electrons. The topological polar surface area (TPSA) is 46.6 Å². The molecule has 0 bridgehead atoms. The van der Waals surface area contributed by atoms with Crippen molar-refractivity contribution in [3.8, 4) is 0 Å². The van der Waals surface area contributed by atoms with Gasteiger partial charge < -0.3 is 4.74 Å². The van der Waals surface area contributed by atoms with Crippen molar-refractivity contribution in [3.05, 3.63) is 35.9 Å². The number of benzene rings is 1. The number of sulfonamides is 1. The largest absolute Gasteiger partial charge is 0.380 e. The van der Waals surface area contributed by atoms with Crippen molar-refractivity contribution in [1.82, 2.24) is 4.31 Å². The zero-order valence-electron chi connectivity index (χ0n) is 12.3. The molecule has 4 nitrogen and oxygen atoms in total. The summed E-state index contributed by atoms with van der Waals surface area (Å²) in [6.07, 6.45) is 3.94. The maximum atomic E-state index is 11.7. The van der Waals surface area contributed by atoms with E-state index in [-0.39, 0.29) is 11.3 Å². The summed E-state index contributed by atoms with van der Waals surface area (Å²) in [7, 11) is -3.17. The molecule has 1 saturated heterocycles. The van der Waals surface area contributed by atoms with Crippen LogP contribution in [0.2, 0.25) is 0 Å². The molecule has 6 heteroatoms. The second-order valence-corrected chi connectivity index (χ2v) is 8.21. The molecule has 1 aromatic rings. The number of rotatable bonds is 7. The van der Waals surface area contributed by atoms with E-state index in [0.29, 0.717) is 19.8 Å². The Morgan fingerprint density at radius 2 is 2.05 bits per heavy atom. The number of aryl methyl sites for hydroxylation is 1. The first kappa shape index (κ1) is 16.8. The molecule has 1 aromatic carbocycles. The van der Waals surface area contributed by atoms with Crippen LogP contribution >= 0.6 is 12.6 Å². The molecule has 0 unspecified atom stereocenters. The van der Waals surface area contributed by atoms with E-state index < -0.39 is 10.0 Å². The molecule has 0 radical (unpaired) electrons. The summed E-state index contributed by atoms with van der Waals surface area (Å²) in [5.41, 5.74) is 1.30. The molecule has 0 amide bonds. The minimum Gasteiger partial charge on any atom is -0.380 e. The highest BCUT2D eigenvalue weighted by Gasteiger charge is 2.35. The van der Waals surface area contributed by atoms with Crippen LogP contribution in [0.3, 0.4) is 0 Å². The van der Waals surface area contributed by atoms with E-state index in [1.807, 2.05) is 18.2 Å². The summed E-state index contributed by atoms with van der Waals surface area (Å²) in [6.45, 7) is 1.60. The van der Waals surface area contributed by atoms with Gasteiger partial charge in [-0.25, -0.2) is 8.42 Å². The van der Waals surface area contributed by atoms with Crippen molar-refractivity contribution in [2.24, 2.45) is 0 Å². The van der Waals surface area contributed by atoms with Crippen LogP contribution in [0, 0.1) is 0 Å². The van der Waals surface area contributed by atoms with Gasteiger partial charge in [-0.05, 0) is 24.8 Å².